The Labute approximate surface area is 152 Å². The molecule has 0 bridgehead atoms. The number of aromatic nitrogens is 2. The predicted octanol–water partition coefficient (Wildman–Crippen LogP) is 6.02. The zero-order valence-corrected chi connectivity index (χ0v) is 15.8. The summed E-state index contributed by atoms with van der Waals surface area (Å²) in [5.74, 6) is 1.35. The van der Waals surface area contributed by atoms with Gasteiger partial charge in [0.1, 0.15) is 11.4 Å². The second-order valence-electron chi connectivity index (χ2n) is 6.94. The summed E-state index contributed by atoms with van der Waals surface area (Å²) in [5, 5.41) is 9.36. The van der Waals surface area contributed by atoms with Crippen molar-refractivity contribution in [2.24, 2.45) is 10.2 Å². The van der Waals surface area contributed by atoms with Gasteiger partial charge in [-0.2, -0.15) is 0 Å². The van der Waals surface area contributed by atoms with Gasteiger partial charge >= 0.3 is 0 Å². The number of aryl methyl sites for hydroxylation is 1. The zero-order valence-electron chi connectivity index (χ0n) is 15.0. The van der Waals surface area contributed by atoms with Gasteiger partial charge in [-0.1, -0.05) is 38.4 Å². The molecule has 0 saturated carbocycles. The molecule has 2 heterocycles. The van der Waals surface area contributed by atoms with E-state index in [0.717, 1.165) is 22.7 Å². The highest BCUT2D eigenvalue weighted by molar-refractivity contribution is 6.32. The summed E-state index contributed by atoms with van der Waals surface area (Å²) < 4.78 is 7.14. The quantitative estimate of drug-likeness (QED) is 0.539. The number of nitrogens with zero attached hydrogens (tertiary/aromatic N) is 4. The summed E-state index contributed by atoms with van der Waals surface area (Å²) in [7, 11) is 1.58. The Morgan fingerprint density at radius 2 is 1.92 bits per heavy atom. The SMILES string of the molecule is COc1ccc(N=Nc2c(C(C)(C)C)nc3c(C)cccn23)cc1Cl. The molecule has 0 atom stereocenters. The molecule has 0 unspecified atom stereocenters. The number of rotatable bonds is 3. The third-order valence-corrected chi connectivity index (χ3v) is 4.22. The van der Waals surface area contributed by atoms with Gasteiger partial charge in [0.05, 0.1) is 23.5 Å². The number of ether oxygens (including phenoxy) is 1. The number of hydrogen-bond donors (Lipinski definition) is 0. The lowest BCUT2D eigenvalue weighted by Gasteiger charge is -2.15. The molecule has 0 spiro atoms. The van der Waals surface area contributed by atoms with Crippen molar-refractivity contribution in [3.63, 3.8) is 0 Å². The molecule has 0 fully saturated rings. The highest BCUT2D eigenvalue weighted by atomic mass is 35.5. The fourth-order valence-electron chi connectivity index (χ4n) is 2.61. The van der Waals surface area contributed by atoms with E-state index in [2.05, 4.69) is 31.0 Å². The molecule has 0 saturated heterocycles. The number of methoxy groups -OCH3 is 1. The topological polar surface area (TPSA) is 51.2 Å². The number of pyridine rings is 1. The van der Waals surface area contributed by atoms with Crippen molar-refractivity contribution in [2.45, 2.75) is 33.1 Å². The fraction of sp³-hybridized carbons (Fsp3) is 0.316. The van der Waals surface area contributed by atoms with Gasteiger partial charge < -0.3 is 4.74 Å². The number of fused-ring (bicyclic) bond motifs is 1. The van der Waals surface area contributed by atoms with E-state index in [1.165, 1.54) is 0 Å². The molecule has 0 amide bonds. The third-order valence-electron chi connectivity index (χ3n) is 3.93. The van der Waals surface area contributed by atoms with Gasteiger partial charge in [0.2, 0.25) is 0 Å². The van der Waals surface area contributed by atoms with Crippen LogP contribution in [0.5, 0.6) is 5.75 Å². The maximum atomic E-state index is 6.17. The molecule has 25 heavy (non-hydrogen) atoms. The number of hydrogen-bond acceptors (Lipinski definition) is 4. The Balaban J connectivity index is 2.11. The minimum Gasteiger partial charge on any atom is -0.495 e. The van der Waals surface area contributed by atoms with E-state index in [1.54, 1.807) is 19.2 Å². The smallest absolute Gasteiger partial charge is 0.183 e. The lowest BCUT2D eigenvalue weighted by molar-refractivity contribution is 0.415. The van der Waals surface area contributed by atoms with E-state index in [1.807, 2.05) is 35.7 Å². The first-order chi connectivity index (χ1) is 11.8. The Hall–Kier alpha value is -2.40. The molecule has 130 valence electrons. The van der Waals surface area contributed by atoms with E-state index in [0.29, 0.717) is 16.5 Å². The number of imidazole rings is 1. The Morgan fingerprint density at radius 1 is 1.16 bits per heavy atom. The first-order valence-electron chi connectivity index (χ1n) is 8.04. The molecule has 0 N–H and O–H groups in total. The second kappa shape index (κ2) is 6.48. The van der Waals surface area contributed by atoms with Crippen molar-refractivity contribution in [3.05, 3.63) is 52.8 Å². The van der Waals surface area contributed by atoms with Crippen molar-refractivity contribution >= 4 is 28.8 Å². The van der Waals surface area contributed by atoms with Crippen LogP contribution in [0.2, 0.25) is 5.02 Å². The van der Waals surface area contributed by atoms with Crippen LogP contribution in [0.1, 0.15) is 32.0 Å². The van der Waals surface area contributed by atoms with Gasteiger partial charge in [0, 0.05) is 11.6 Å². The molecule has 3 aromatic rings. The normalized spacial score (nSPS) is 12.2. The molecule has 5 nitrogen and oxygen atoms in total. The second-order valence-corrected chi connectivity index (χ2v) is 7.34. The van der Waals surface area contributed by atoms with Gasteiger partial charge in [0.25, 0.3) is 0 Å². The van der Waals surface area contributed by atoms with E-state index < -0.39 is 0 Å². The van der Waals surface area contributed by atoms with Crippen LogP contribution < -0.4 is 4.74 Å². The Kier molecular flexibility index (Phi) is 4.52. The average molecular weight is 357 g/mol. The average Bonchev–Trinajstić information content (AvgIpc) is 2.93. The highest BCUT2D eigenvalue weighted by Crippen LogP contribution is 2.35. The first-order valence-corrected chi connectivity index (χ1v) is 8.42. The molecular formula is C19H21ClN4O. The molecule has 0 aliphatic heterocycles. The predicted molar refractivity (Wildman–Crippen MR) is 101 cm³/mol. The number of benzene rings is 1. The molecule has 1 aromatic carbocycles. The van der Waals surface area contributed by atoms with E-state index in [9.17, 15) is 0 Å². The van der Waals surface area contributed by atoms with Crippen molar-refractivity contribution in [2.75, 3.05) is 7.11 Å². The van der Waals surface area contributed by atoms with E-state index >= 15 is 0 Å². The van der Waals surface area contributed by atoms with Crippen LogP contribution in [0.3, 0.4) is 0 Å². The maximum Gasteiger partial charge on any atom is 0.183 e. The van der Waals surface area contributed by atoms with Crippen molar-refractivity contribution in [1.29, 1.82) is 0 Å². The largest absolute Gasteiger partial charge is 0.495 e. The van der Waals surface area contributed by atoms with Crippen molar-refractivity contribution in [3.8, 4) is 5.75 Å². The summed E-state index contributed by atoms with van der Waals surface area (Å²) in [5.41, 5.74) is 3.42. The van der Waals surface area contributed by atoms with E-state index in [-0.39, 0.29) is 5.41 Å². The van der Waals surface area contributed by atoms with E-state index in [4.69, 9.17) is 21.3 Å². The minimum atomic E-state index is -0.148. The van der Waals surface area contributed by atoms with Crippen molar-refractivity contribution in [1.82, 2.24) is 9.38 Å². The number of halogens is 1. The molecule has 2 aromatic heterocycles. The summed E-state index contributed by atoms with van der Waals surface area (Å²) >= 11 is 6.17. The van der Waals surface area contributed by atoms with Crippen LogP contribution >= 0.6 is 11.6 Å². The van der Waals surface area contributed by atoms with Crippen LogP contribution in [-0.4, -0.2) is 16.5 Å². The molecule has 0 aliphatic rings. The van der Waals surface area contributed by atoms with Gasteiger partial charge in [-0.3, -0.25) is 4.40 Å². The molecule has 0 radical (unpaired) electrons. The van der Waals surface area contributed by atoms with Gasteiger partial charge in [-0.25, -0.2) is 4.98 Å². The Bertz CT molecular complexity index is 954. The monoisotopic (exact) mass is 356 g/mol. The first kappa shape index (κ1) is 17.4. The third kappa shape index (κ3) is 3.37. The van der Waals surface area contributed by atoms with Crippen LogP contribution in [0.4, 0.5) is 11.5 Å². The van der Waals surface area contributed by atoms with Crippen LogP contribution in [-0.2, 0) is 5.41 Å². The summed E-state index contributed by atoms with van der Waals surface area (Å²) in [6, 6.07) is 9.35. The lowest BCUT2D eigenvalue weighted by atomic mass is 9.92. The molecule has 6 heteroatoms. The minimum absolute atomic E-state index is 0.148. The van der Waals surface area contributed by atoms with Crippen LogP contribution in [0, 0.1) is 6.92 Å². The van der Waals surface area contributed by atoms with Crippen LogP contribution in [0.25, 0.3) is 5.65 Å². The molecular weight excluding hydrogens is 336 g/mol. The summed E-state index contributed by atoms with van der Waals surface area (Å²) in [6.07, 6.45) is 1.96. The standard InChI is InChI=1S/C19H21ClN4O/c1-12-7-6-10-24-17(12)21-16(19(2,3)4)18(24)23-22-13-8-9-15(25-5)14(20)11-13/h6-11H,1-5H3. The number of azo groups is 1. The van der Waals surface area contributed by atoms with Gasteiger partial charge in [0.15, 0.2) is 5.82 Å². The maximum absolute atomic E-state index is 6.17. The summed E-state index contributed by atoms with van der Waals surface area (Å²) in [6.45, 7) is 8.40. The van der Waals surface area contributed by atoms with Gasteiger partial charge in [-0.05, 0) is 36.8 Å². The zero-order chi connectivity index (χ0) is 18.2. The lowest BCUT2D eigenvalue weighted by Crippen LogP contribution is -2.11. The van der Waals surface area contributed by atoms with Gasteiger partial charge in [-0.15, -0.1) is 10.2 Å². The van der Waals surface area contributed by atoms with Crippen LogP contribution in [0.15, 0.2) is 46.8 Å². The Morgan fingerprint density at radius 3 is 2.56 bits per heavy atom. The summed E-state index contributed by atoms with van der Waals surface area (Å²) in [4.78, 5) is 4.80. The van der Waals surface area contributed by atoms with Crippen molar-refractivity contribution < 1.29 is 4.74 Å². The molecule has 3 rings (SSSR count). The molecule has 0 aliphatic carbocycles. The highest BCUT2D eigenvalue weighted by Gasteiger charge is 2.24. The fourth-order valence-corrected chi connectivity index (χ4v) is 2.86.